The Bertz CT molecular complexity index is 287. The first-order chi connectivity index (χ1) is 8.92. The molecule has 0 aromatic rings. The first-order valence-electron chi connectivity index (χ1n) is 7.71. The Morgan fingerprint density at radius 1 is 1.16 bits per heavy atom. The van der Waals surface area contributed by atoms with Crippen LogP contribution >= 0.6 is 0 Å². The van der Waals surface area contributed by atoms with E-state index in [0.717, 1.165) is 26.2 Å². The highest BCUT2D eigenvalue weighted by Gasteiger charge is 2.41. The molecule has 0 aromatic heterocycles. The van der Waals surface area contributed by atoms with E-state index in [1.165, 1.54) is 0 Å². The Kier molecular flexibility index (Phi) is 6.27. The zero-order valence-corrected chi connectivity index (χ0v) is 13.4. The molecule has 1 aliphatic heterocycles. The number of nitrogens with one attached hydrogen (secondary N) is 1. The molecule has 1 N–H and O–H groups in total. The molecule has 4 heteroatoms. The van der Waals surface area contributed by atoms with E-state index in [1.807, 2.05) is 4.90 Å². The van der Waals surface area contributed by atoms with Gasteiger partial charge in [-0.1, -0.05) is 41.5 Å². The molecule has 1 heterocycles. The average Bonchev–Trinajstić information content (AvgIpc) is 2.68. The van der Waals surface area contributed by atoms with Crippen molar-refractivity contribution in [3.05, 3.63) is 0 Å². The molecular formula is C15H31N3O. The van der Waals surface area contributed by atoms with Crippen LogP contribution in [0.25, 0.3) is 0 Å². The molecule has 0 spiro atoms. The second-order valence-electron chi connectivity index (χ2n) is 6.14. The summed E-state index contributed by atoms with van der Waals surface area (Å²) in [4.78, 5) is 16.9. The lowest BCUT2D eigenvalue weighted by Gasteiger charge is -2.29. The Hall–Kier alpha value is -0.610. The molecule has 1 aliphatic rings. The first-order valence-corrected chi connectivity index (χ1v) is 7.71. The van der Waals surface area contributed by atoms with Gasteiger partial charge in [-0.25, -0.2) is 0 Å². The van der Waals surface area contributed by atoms with Crippen molar-refractivity contribution in [3.8, 4) is 0 Å². The van der Waals surface area contributed by atoms with Gasteiger partial charge in [0.2, 0.25) is 5.91 Å². The third kappa shape index (κ3) is 3.93. The number of hydrogen-bond donors (Lipinski definition) is 1. The molecular weight excluding hydrogens is 238 g/mol. The molecule has 2 unspecified atom stereocenters. The summed E-state index contributed by atoms with van der Waals surface area (Å²) < 4.78 is 0. The van der Waals surface area contributed by atoms with E-state index in [9.17, 15) is 4.79 Å². The van der Waals surface area contributed by atoms with E-state index in [4.69, 9.17) is 0 Å². The van der Waals surface area contributed by atoms with Crippen LogP contribution in [0.2, 0.25) is 0 Å². The smallest absolute Gasteiger partial charge is 0.241 e. The minimum absolute atomic E-state index is 0.0101. The zero-order chi connectivity index (χ0) is 14.6. The van der Waals surface area contributed by atoms with Crippen LogP contribution in [0.15, 0.2) is 0 Å². The summed E-state index contributed by atoms with van der Waals surface area (Å²) in [5.41, 5.74) is 0. The van der Waals surface area contributed by atoms with Crippen LogP contribution in [0.3, 0.4) is 0 Å². The summed E-state index contributed by atoms with van der Waals surface area (Å²) in [6, 6.07) is -0.0101. The van der Waals surface area contributed by atoms with Crippen LogP contribution in [0.1, 0.15) is 41.5 Å². The van der Waals surface area contributed by atoms with E-state index in [0.29, 0.717) is 11.8 Å². The molecule has 0 radical (unpaired) electrons. The second kappa shape index (κ2) is 7.25. The van der Waals surface area contributed by atoms with E-state index in [2.05, 4.69) is 51.8 Å². The lowest BCUT2D eigenvalue weighted by Crippen LogP contribution is -2.45. The van der Waals surface area contributed by atoms with Gasteiger partial charge in [0.15, 0.2) is 0 Å². The Morgan fingerprint density at radius 3 is 2.16 bits per heavy atom. The van der Waals surface area contributed by atoms with Gasteiger partial charge in [0.1, 0.15) is 0 Å². The number of likely N-dealkylation sites (N-methyl/N-ethyl adjacent to an activating group) is 1. The fourth-order valence-electron chi connectivity index (χ4n) is 2.73. The van der Waals surface area contributed by atoms with Gasteiger partial charge in [0.05, 0.1) is 12.2 Å². The number of nitrogens with zero attached hydrogens (tertiary/aromatic N) is 2. The molecule has 1 saturated heterocycles. The maximum absolute atomic E-state index is 12.5. The topological polar surface area (TPSA) is 35.6 Å². The zero-order valence-electron chi connectivity index (χ0n) is 13.4. The highest BCUT2D eigenvalue weighted by molar-refractivity contribution is 5.84. The molecule has 0 saturated carbocycles. The molecule has 1 fully saturated rings. The van der Waals surface area contributed by atoms with Crippen molar-refractivity contribution >= 4 is 5.91 Å². The maximum atomic E-state index is 12.5. The summed E-state index contributed by atoms with van der Waals surface area (Å²) >= 11 is 0. The third-order valence-electron chi connectivity index (χ3n) is 4.08. The fraction of sp³-hybridized carbons (Fsp3) is 0.933. The summed E-state index contributed by atoms with van der Waals surface area (Å²) in [5.74, 6) is 1.08. The molecule has 2 atom stereocenters. The van der Waals surface area contributed by atoms with Gasteiger partial charge >= 0.3 is 0 Å². The van der Waals surface area contributed by atoms with Crippen molar-refractivity contribution in [1.29, 1.82) is 0 Å². The average molecular weight is 269 g/mol. The summed E-state index contributed by atoms with van der Waals surface area (Å²) in [5, 5.41) is 3.51. The van der Waals surface area contributed by atoms with Gasteiger partial charge in [0, 0.05) is 13.1 Å². The van der Waals surface area contributed by atoms with Gasteiger partial charge in [0.25, 0.3) is 0 Å². The molecule has 0 aliphatic carbocycles. The summed E-state index contributed by atoms with van der Waals surface area (Å²) in [6.07, 6.45) is 0.190. The van der Waals surface area contributed by atoms with E-state index in [-0.39, 0.29) is 18.1 Å². The number of rotatable bonds is 7. The number of carbonyl (C=O) groups is 1. The van der Waals surface area contributed by atoms with Gasteiger partial charge in [-0.15, -0.1) is 0 Å². The standard InChI is InChI=1S/C15H31N3O/c1-7-17(8-2)9-10-18-14(12(5)6)16-13(11(3)4)15(18)19/h11-14,16H,7-10H2,1-6H3. The molecule has 1 amide bonds. The number of amides is 1. The summed E-state index contributed by atoms with van der Waals surface area (Å²) in [6.45, 7) is 16.8. The van der Waals surface area contributed by atoms with E-state index in [1.54, 1.807) is 0 Å². The Balaban J connectivity index is 2.69. The van der Waals surface area contributed by atoms with Crippen LogP contribution in [-0.4, -0.2) is 54.1 Å². The minimum atomic E-state index is -0.0101. The van der Waals surface area contributed by atoms with E-state index >= 15 is 0 Å². The van der Waals surface area contributed by atoms with Crippen LogP contribution in [-0.2, 0) is 4.79 Å². The van der Waals surface area contributed by atoms with Gasteiger partial charge in [-0.3, -0.25) is 10.1 Å². The van der Waals surface area contributed by atoms with Crippen LogP contribution in [0, 0.1) is 11.8 Å². The monoisotopic (exact) mass is 269 g/mol. The minimum Gasteiger partial charge on any atom is -0.324 e. The van der Waals surface area contributed by atoms with Gasteiger partial charge in [-0.05, 0) is 24.9 Å². The molecule has 0 aromatic carbocycles. The van der Waals surface area contributed by atoms with Crippen LogP contribution in [0.5, 0.6) is 0 Å². The highest BCUT2D eigenvalue weighted by Crippen LogP contribution is 2.21. The maximum Gasteiger partial charge on any atom is 0.241 e. The lowest BCUT2D eigenvalue weighted by atomic mass is 10.0. The van der Waals surface area contributed by atoms with Crippen molar-refractivity contribution in [1.82, 2.24) is 15.1 Å². The van der Waals surface area contributed by atoms with Crippen molar-refractivity contribution in [2.24, 2.45) is 11.8 Å². The second-order valence-corrected chi connectivity index (χ2v) is 6.14. The Labute approximate surface area is 118 Å². The number of carbonyl (C=O) groups excluding carboxylic acids is 1. The molecule has 0 bridgehead atoms. The Morgan fingerprint density at radius 2 is 1.74 bits per heavy atom. The largest absolute Gasteiger partial charge is 0.324 e. The number of hydrogen-bond acceptors (Lipinski definition) is 3. The van der Waals surface area contributed by atoms with Crippen LogP contribution < -0.4 is 5.32 Å². The first kappa shape index (κ1) is 16.4. The van der Waals surface area contributed by atoms with Crippen LogP contribution in [0.4, 0.5) is 0 Å². The van der Waals surface area contributed by atoms with Crippen molar-refractivity contribution in [2.75, 3.05) is 26.2 Å². The molecule has 4 nitrogen and oxygen atoms in total. The fourth-order valence-corrected chi connectivity index (χ4v) is 2.73. The normalized spacial score (nSPS) is 24.3. The molecule has 1 rings (SSSR count). The van der Waals surface area contributed by atoms with Gasteiger partial charge in [-0.2, -0.15) is 0 Å². The molecule has 112 valence electrons. The highest BCUT2D eigenvalue weighted by atomic mass is 16.2. The van der Waals surface area contributed by atoms with Gasteiger partial charge < -0.3 is 9.80 Å². The third-order valence-corrected chi connectivity index (χ3v) is 4.08. The summed E-state index contributed by atoms with van der Waals surface area (Å²) in [7, 11) is 0. The van der Waals surface area contributed by atoms with Crippen molar-refractivity contribution < 1.29 is 4.79 Å². The van der Waals surface area contributed by atoms with Crippen molar-refractivity contribution in [3.63, 3.8) is 0 Å². The lowest BCUT2D eigenvalue weighted by molar-refractivity contribution is -0.131. The molecule has 19 heavy (non-hydrogen) atoms. The SMILES string of the molecule is CCN(CC)CCN1C(=O)C(C(C)C)NC1C(C)C. The van der Waals surface area contributed by atoms with E-state index < -0.39 is 0 Å². The van der Waals surface area contributed by atoms with Crippen molar-refractivity contribution in [2.45, 2.75) is 53.8 Å². The quantitative estimate of drug-likeness (QED) is 0.765. The predicted molar refractivity (Wildman–Crippen MR) is 79.9 cm³/mol. The predicted octanol–water partition coefficient (Wildman–Crippen LogP) is 1.77.